The van der Waals surface area contributed by atoms with E-state index in [-0.39, 0.29) is 22.3 Å². The van der Waals surface area contributed by atoms with Gasteiger partial charge in [-0.25, -0.2) is 9.59 Å². The van der Waals surface area contributed by atoms with Gasteiger partial charge in [0.15, 0.2) is 0 Å². The molecule has 0 aliphatic heterocycles. The van der Waals surface area contributed by atoms with Crippen LogP contribution >= 0.6 is 0 Å². The highest BCUT2D eigenvalue weighted by atomic mass is 16.5. The molecule has 4 rings (SSSR count). The van der Waals surface area contributed by atoms with E-state index < -0.39 is 33.9 Å². The first-order valence-electron chi connectivity index (χ1n) is 8.30. The molecule has 0 spiro atoms. The topological polar surface area (TPSA) is 150 Å². The predicted octanol–water partition coefficient (Wildman–Crippen LogP) is 2.56. The lowest BCUT2D eigenvalue weighted by Gasteiger charge is -2.08. The second kappa shape index (κ2) is 6.64. The van der Waals surface area contributed by atoms with Crippen molar-refractivity contribution in [2.24, 2.45) is 0 Å². The highest BCUT2D eigenvalue weighted by Gasteiger charge is 2.14. The van der Waals surface area contributed by atoms with Crippen molar-refractivity contribution in [1.82, 2.24) is 9.97 Å². The number of aromatic carboxylic acids is 2. The summed E-state index contributed by atoms with van der Waals surface area (Å²) in [7, 11) is 0. The molecule has 2 aromatic heterocycles. The first-order chi connectivity index (χ1) is 13.8. The van der Waals surface area contributed by atoms with E-state index in [9.17, 15) is 19.2 Å². The Bertz CT molecular complexity index is 1320. The Kier molecular flexibility index (Phi) is 4.12. The molecule has 144 valence electrons. The van der Waals surface area contributed by atoms with Gasteiger partial charge in [-0.2, -0.15) is 0 Å². The highest BCUT2D eigenvalue weighted by Crippen LogP contribution is 2.26. The molecule has 0 saturated heterocycles. The number of hydrogen-bond acceptors (Lipinski definition) is 5. The zero-order chi connectivity index (χ0) is 20.7. The quantitative estimate of drug-likeness (QED) is 0.417. The molecule has 9 nitrogen and oxygen atoms in total. The molecule has 0 fully saturated rings. The summed E-state index contributed by atoms with van der Waals surface area (Å²) in [5.41, 5.74) is -1.22. The second-order valence-electron chi connectivity index (χ2n) is 6.19. The van der Waals surface area contributed by atoms with Gasteiger partial charge in [0.25, 0.3) is 0 Å². The smallest absolute Gasteiger partial charge is 0.341 e. The first kappa shape index (κ1) is 18.0. The summed E-state index contributed by atoms with van der Waals surface area (Å²) in [6, 6.07) is 9.05. The van der Waals surface area contributed by atoms with Crippen molar-refractivity contribution in [2.45, 2.75) is 0 Å². The van der Waals surface area contributed by atoms with E-state index in [1.165, 1.54) is 12.1 Å². The molecule has 2 aromatic carbocycles. The van der Waals surface area contributed by atoms with E-state index in [0.29, 0.717) is 11.0 Å². The summed E-state index contributed by atoms with van der Waals surface area (Å²) in [4.78, 5) is 52.5. The van der Waals surface area contributed by atoms with Crippen molar-refractivity contribution in [1.29, 1.82) is 0 Å². The van der Waals surface area contributed by atoms with Crippen LogP contribution in [-0.2, 0) is 0 Å². The Labute approximate surface area is 160 Å². The molecule has 2 heterocycles. The van der Waals surface area contributed by atoms with Crippen LogP contribution in [0.4, 0.5) is 0 Å². The number of aromatic amines is 2. The molecular formula is C20H12N2O7. The predicted molar refractivity (Wildman–Crippen MR) is 103 cm³/mol. The van der Waals surface area contributed by atoms with Gasteiger partial charge in [-0.15, -0.1) is 0 Å². The van der Waals surface area contributed by atoms with Crippen LogP contribution in [0.5, 0.6) is 11.5 Å². The van der Waals surface area contributed by atoms with Crippen LogP contribution in [0.1, 0.15) is 20.7 Å². The third-order valence-corrected chi connectivity index (χ3v) is 4.40. The number of nitrogens with one attached hydrogen (secondary N) is 2. The van der Waals surface area contributed by atoms with Gasteiger partial charge in [0, 0.05) is 23.4 Å². The second-order valence-corrected chi connectivity index (χ2v) is 6.19. The van der Waals surface area contributed by atoms with E-state index in [2.05, 4.69) is 9.97 Å². The molecule has 0 atom stereocenters. The normalized spacial score (nSPS) is 10.9. The average Bonchev–Trinajstić information content (AvgIpc) is 2.69. The third-order valence-electron chi connectivity index (χ3n) is 4.40. The number of carboxylic acids is 2. The Hall–Kier alpha value is -4.40. The number of ether oxygens (including phenoxy) is 1. The number of hydrogen-bond donors (Lipinski definition) is 4. The maximum absolute atomic E-state index is 12.3. The maximum atomic E-state index is 12.3. The first-order valence-corrected chi connectivity index (χ1v) is 8.30. The van der Waals surface area contributed by atoms with E-state index in [1.54, 1.807) is 24.3 Å². The fourth-order valence-electron chi connectivity index (χ4n) is 2.98. The van der Waals surface area contributed by atoms with Crippen LogP contribution in [0.3, 0.4) is 0 Å². The zero-order valence-electron chi connectivity index (χ0n) is 14.6. The number of H-pyrrole nitrogens is 2. The minimum Gasteiger partial charge on any atom is -0.477 e. The monoisotopic (exact) mass is 392 g/mol. The zero-order valence-corrected chi connectivity index (χ0v) is 14.6. The van der Waals surface area contributed by atoms with E-state index in [1.807, 2.05) is 0 Å². The molecule has 0 bridgehead atoms. The van der Waals surface area contributed by atoms with Crippen molar-refractivity contribution >= 4 is 33.7 Å². The Balaban J connectivity index is 1.79. The largest absolute Gasteiger partial charge is 0.477 e. The van der Waals surface area contributed by atoms with Crippen LogP contribution in [0.25, 0.3) is 21.8 Å². The number of carbonyl (C=O) groups is 2. The summed E-state index contributed by atoms with van der Waals surface area (Å²) in [5, 5.41) is 18.5. The fraction of sp³-hybridized carbons (Fsp3) is 0. The maximum Gasteiger partial charge on any atom is 0.341 e. The molecule has 0 saturated carbocycles. The molecule has 0 aliphatic carbocycles. The summed E-state index contributed by atoms with van der Waals surface area (Å²) in [6.07, 6.45) is 2.26. The number of fused-ring (bicyclic) bond motifs is 2. The van der Waals surface area contributed by atoms with Crippen molar-refractivity contribution in [3.63, 3.8) is 0 Å². The molecule has 0 amide bonds. The van der Waals surface area contributed by atoms with Gasteiger partial charge >= 0.3 is 11.9 Å². The third kappa shape index (κ3) is 3.10. The van der Waals surface area contributed by atoms with Crippen LogP contribution in [0, 0.1) is 0 Å². The van der Waals surface area contributed by atoms with E-state index in [0.717, 1.165) is 12.4 Å². The van der Waals surface area contributed by atoms with Gasteiger partial charge in [-0.05, 0) is 36.4 Å². The van der Waals surface area contributed by atoms with E-state index >= 15 is 0 Å². The number of aromatic nitrogens is 2. The standard InChI is InChI=1S/C20H12N2O7/c23-17-11-5-9(1-3-15(11)21-7-13(17)19(25)26)29-10-2-4-16-12(6-10)18(24)14(8-22-16)20(27)28/h1-8H,(H,21,23)(H,22,24)(H,25,26)(H,27,28). The molecule has 0 radical (unpaired) electrons. The lowest BCUT2D eigenvalue weighted by atomic mass is 10.1. The number of benzene rings is 2. The van der Waals surface area contributed by atoms with Gasteiger partial charge < -0.3 is 24.9 Å². The van der Waals surface area contributed by atoms with Gasteiger partial charge in [0.1, 0.15) is 22.6 Å². The van der Waals surface area contributed by atoms with Crippen LogP contribution in [-0.4, -0.2) is 32.1 Å². The molecule has 9 heteroatoms. The molecule has 4 N–H and O–H groups in total. The highest BCUT2D eigenvalue weighted by molar-refractivity contribution is 5.93. The number of carboxylic acid groups (broad SMARTS) is 2. The van der Waals surface area contributed by atoms with E-state index in [4.69, 9.17) is 14.9 Å². The van der Waals surface area contributed by atoms with Crippen molar-refractivity contribution in [2.75, 3.05) is 0 Å². The molecular weight excluding hydrogens is 380 g/mol. The Morgan fingerprint density at radius 1 is 0.724 bits per heavy atom. The molecule has 0 unspecified atom stereocenters. The summed E-state index contributed by atoms with van der Waals surface area (Å²) in [5.74, 6) is -2.20. The fourth-order valence-corrected chi connectivity index (χ4v) is 2.98. The number of rotatable bonds is 4. The summed E-state index contributed by atoms with van der Waals surface area (Å²) in [6.45, 7) is 0. The lowest BCUT2D eigenvalue weighted by Crippen LogP contribution is -2.15. The summed E-state index contributed by atoms with van der Waals surface area (Å²) >= 11 is 0. The van der Waals surface area contributed by atoms with Crippen molar-refractivity contribution < 1.29 is 24.5 Å². The number of pyridine rings is 2. The minimum absolute atomic E-state index is 0.134. The molecule has 4 aromatic rings. The Morgan fingerprint density at radius 2 is 1.14 bits per heavy atom. The van der Waals surface area contributed by atoms with Crippen LogP contribution < -0.4 is 15.6 Å². The minimum atomic E-state index is -1.34. The van der Waals surface area contributed by atoms with Gasteiger partial charge in [0.2, 0.25) is 10.9 Å². The Morgan fingerprint density at radius 3 is 1.52 bits per heavy atom. The van der Waals surface area contributed by atoms with Gasteiger partial charge in [-0.1, -0.05) is 0 Å². The van der Waals surface area contributed by atoms with Crippen molar-refractivity contribution in [3.8, 4) is 11.5 Å². The van der Waals surface area contributed by atoms with Crippen LogP contribution in [0.15, 0.2) is 58.4 Å². The van der Waals surface area contributed by atoms with Gasteiger partial charge in [0.05, 0.1) is 10.8 Å². The summed E-state index contributed by atoms with van der Waals surface area (Å²) < 4.78 is 5.70. The van der Waals surface area contributed by atoms with Gasteiger partial charge in [-0.3, -0.25) is 9.59 Å². The SMILES string of the molecule is O=C(O)c1c[nH]c2ccc(Oc3ccc4[nH]cc(C(=O)O)c(=O)c4c3)cc2c1=O. The molecule has 29 heavy (non-hydrogen) atoms. The molecule has 0 aliphatic rings. The van der Waals surface area contributed by atoms with Crippen LogP contribution in [0.2, 0.25) is 0 Å². The lowest BCUT2D eigenvalue weighted by molar-refractivity contribution is 0.0684. The van der Waals surface area contributed by atoms with Crippen molar-refractivity contribution in [3.05, 3.63) is 80.4 Å². The average molecular weight is 392 g/mol.